The predicted octanol–water partition coefficient (Wildman–Crippen LogP) is -2.95. The van der Waals surface area contributed by atoms with Crippen molar-refractivity contribution in [3.63, 3.8) is 0 Å². The maximum absolute atomic E-state index is 9.21. The van der Waals surface area contributed by atoms with Gasteiger partial charge in [-0.15, -0.1) is 0 Å². The Morgan fingerprint density at radius 2 is 1.78 bits per heavy atom. The molecule has 0 spiro atoms. The normalized spacial score (nSPS) is 17.2. The lowest BCUT2D eigenvalue weighted by Crippen LogP contribution is -2.48. The molecule has 1 aromatic rings. The average Bonchev–Trinajstić information content (AvgIpc) is 2.95. The molecule has 4 unspecified atom stereocenters. The van der Waals surface area contributed by atoms with Crippen molar-refractivity contribution >= 4 is 0 Å². The number of hydrogen-bond acceptors (Lipinski definition) is 7. The first-order valence-electron chi connectivity index (χ1n) is 5.45. The molecule has 1 heterocycles. The smallest absolute Gasteiger partial charge is 0.111 e. The van der Waals surface area contributed by atoms with Gasteiger partial charge in [0.25, 0.3) is 0 Å². The molecule has 106 valence electrons. The van der Waals surface area contributed by atoms with Gasteiger partial charge in [-0.1, -0.05) is 0 Å². The molecule has 7 N–H and O–H groups in total. The molecule has 4 atom stereocenters. The summed E-state index contributed by atoms with van der Waals surface area (Å²) in [5.41, 5.74) is 0. The van der Waals surface area contributed by atoms with Crippen molar-refractivity contribution < 1.29 is 25.5 Å². The summed E-state index contributed by atoms with van der Waals surface area (Å²) in [6.07, 6.45) is -0.564. The van der Waals surface area contributed by atoms with Crippen LogP contribution in [0.4, 0.5) is 0 Å². The molecular weight excluding hydrogens is 242 g/mol. The number of rotatable bonds is 6. The van der Waals surface area contributed by atoms with Crippen LogP contribution < -0.4 is 5.32 Å². The molecule has 0 aliphatic carbocycles. The van der Waals surface area contributed by atoms with E-state index in [0.717, 1.165) is 0 Å². The molecule has 0 aliphatic rings. The lowest BCUT2D eigenvalue weighted by atomic mass is 10.0. The molecule has 0 amide bonds. The first kappa shape index (κ1) is 17.0. The fourth-order valence-corrected chi connectivity index (χ4v) is 1.11. The van der Waals surface area contributed by atoms with E-state index < -0.39 is 31.0 Å². The summed E-state index contributed by atoms with van der Waals surface area (Å²) < 4.78 is 0. The lowest BCUT2D eigenvalue weighted by Gasteiger charge is -2.25. The van der Waals surface area contributed by atoms with Gasteiger partial charge in [0.05, 0.1) is 19.0 Å². The van der Waals surface area contributed by atoms with Gasteiger partial charge >= 0.3 is 0 Å². The van der Waals surface area contributed by atoms with Crippen molar-refractivity contribution in [2.45, 2.75) is 24.4 Å². The van der Waals surface area contributed by atoms with Gasteiger partial charge in [0.2, 0.25) is 0 Å². The van der Waals surface area contributed by atoms with Crippen molar-refractivity contribution in [1.29, 1.82) is 0 Å². The van der Waals surface area contributed by atoms with Crippen molar-refractivity contribution in [2.24, 2.45) is 0 Å². The minimum atomic E-state index is -1.55. The van der Waals surface area contributed by atoms with Crippen LogP contribution >= 0.6 is 0 Å². The van der Waals surface area contributed by atoms with Crippen molar-refractivity contribution in [2.75, 3.05) is 20.2 Å². The molecule has 8 nitrogen and oxygen atoms in total. The third-order valence-electron chi connectivity index (χ3n) is 2.14. The first-order valence-corrected chi connectivity index (χ1v) is 5.45. The summed E-state index contributed by atoms with van der Waals surface area (Å²) in [6.45, 7) is -0.569. The molecule has 0 saturated carbocycles. The fraction of sp³-hybridized carbons (Fsp3) is 0.700. The highest BCUT2D eigenvalue weighted by Crippen LogP contribution is 2.04. The summed E-state index contributed by atoms with van der Waals surface area (Å²) in [5, 5.41) is 47.5. The summed E-state index contributed by atoms with van der Waals surface area (Å²) in [7, 11) is 1.57. The highest BCUT2D eigenvalue weighted by molar-refractivity contribution is 4.81. The van der Waals surface area contributed by atoms with Crippen LogP contribution in [0.1, 0.15) is 0 Å². The number of aliphatic hydroxyl groups excluding tert-OH is 5. The first-order chi connectivity index (χ1) is 8.54. The number of nitrogens with zero attached hydrogens (tertiary/aromatic N) is 1. The third kappa shape index (κ3) is 6.64. The van der Waals surface area contributed by atoms with Crippen LogP contribution in [0.25, 0.3) is 0 Å². The molecule has 0 aromatic carbocycles. The SMILES string of the molecule is CNCC(O)C(O)C(O)C(O)CO.c1c[nH]cn1. The van der Waals surface area contributed by atoms with Crippen LogP contribution in [0.3, 0.4) is 0 Å². The van der Waals surface area contributed by atoms with Gasteiger partial charge in [0, 0.05) is 18.9 Å². The Balaban J connectivity index is 0.000000473. The molecule has 0 aliphatic heterocycles. The van der Waals surface area contributed by atoms with Gasteiger partial charge in [-0.25, -0.2) is 4.98 Å². The summed E-state index contributed by atoms with van der Waals surface area (Å²) in [5.74, 6) is 0. The van der Waals surface area contributed by atoms with E-state index >= 15 is 0 Å². The van der Waals surface area contributed by atoms with Crippen molar-refractivity contribution in [3.05, 3.63) is 18.7 Å². The zero-order chi connectivity index (χ0) is 14.0. The standard InChI is InChI=1S/C7H17NO5.C3H4N2/c1-8-2-4(10)6(12)7(13)5(11)3-9;1-2-5-3-4-1/h4-13H,2-3H2,1H3;1-3H,(H,4,5). The van der Waals surface area contributed by atoms with Crippen LogP contribution in [0.5, 0.6) is 0 Å². The highest BCUT2D eigenvalue weighted by atomic mass is 16.4. The Labute approximate surface area is 105 Å². The number of H-pyrrole nitrogens is 1. The Morgan fingerprint density at radius 3 is 2.11 bits per heavy atom. The number of aromatic nitrogens is 2. The fourth-order valence-electron chi connectivity index (χ4n) is 1.11. The zero-order valence-electron chi connectivity index (χ0n) is 10.1. The number of likely N-dealkylation sites (N-methyl/N-ethyl adjacent to an activating group) is 1. The number of imidazole rings is 1. The Kier molecular flexibility index (Phi) is 9.38. The molecule has 1 aromatic heterocycles. The second kappa shape index (κ2) is 9.95. The molecule has 0 fully saturated rings. The van der Waals surface area contributed by atoms with E-state index in [1.807, 2.05) is 0 Å². The molecule has 1 rings (SSSR count). The van der Waals surface area contributed by atoms with Gasteiger partial charge < -0.3 is 35.8 Å². The number of aliphatic hydroxyl groups is 5. The number of aromatic amines is 1. The lowest BCUT2D eigenvalue weighted by molar-refractivity contribution is -0.113. The van der Waals surface area contributed by atoms with E-state index in [4.69, 9.17) is 20.4 Å². The predicted molar refractivity (Wildman–Crippen MR) is 63.6 cm³/mol. The van der Waals surface area contributed by atoms with E-state index in [1.54, 1.807) is 25.8 Å². The topological polar surface area (TPSA) is 142 Å². The molecular formula is C10H21N3O5. The minimum Gasteiger partial charge on any atom is -0.394 e. The van der Waals surface area contributed by atoms with Gasteiger partial charge in [-0.2, -0.15) is 0 Å². The highest BCUT2D eigenvalue weighted by Gasteiger charge is 2.29. The molecule has 0 bridgehead atoms. The minimum absolute atomic E-state index is 0.0936. The van der Waals surface area contributed by atoms with E-state index in [2.05, 4.69) is 15.3 Å². The van der Waals surface area contributed by atoms with Gasteiger partial charge in [-0.05, 0) is 7.05 Å². The van der Waals surface area contributed by atoms with Gasteiger partial charge in [-0.3, -0.25) is 0 Å². The van der Waals surface area contributed by atoms with E-state index in [9.17, 15) is 5.11 Å². The molecule has 18 heavy (non-hydrogen) atoms. The monoisotopic (exact) mass is 263 g/mol. The van der Waals surface area contributed by atoms with Crippen LogP contribution in [-0.2, 0) is 0 Å². The number of hydrogen-bond donors (Lipinski definition) is 7. The van der Waals surface area contributed by atoms with E-state index in [0.29, 0.717) is 0 Å². The van der Waals surface area contributed by atoms with E-state index in [-0.39, 0.29) is 6.54 Å². The maximum Gasteiger partial charge on any atom is 0.111 e. The van der Waals surface area contributed by atoms with Crippen LogP contribution in [-0.4, -0.2) is 80.1 Å². The van der Waals surface area contributed by atoms with Gasteiger partial charge in [0.1, 0.15) is 18.3 Å². The summed E-state index contributed by atoms with van der Waals surface area (Å²) in [4.78, 5) is 6.42. The summed E-state index contributed by atoms with van der Waals surface area (Å²) >= 11 is 0. The Morgan fingerprint density at radius 1 is 1.17 bits per heavy atom. The third-order valence-corrected chi connectivity index (χ3v) is 2.14. The second-order valence-electron chi connectivity index (χ2n) is 3.62. The second-order valence-corrected chi connectivity index (χ2v) is 3.62. The zero-order valence-corrected chi connectivity index (χ0v) is 10.1. The van der Waals surface area contributed by atoms with Crippen LogP contribution in [0.2, 0.25) is 0 Å². The summed E-state index contributed by atoms with van der Waals surface area (Å²) in [6, 6.07) is 0. The quantitative estimate of drug-likeness (QED) is 0.291. The van der Waals surface area contributed by atoms with E-state index in [1.165, 1.54) is 0 Å². The molecule has 0 radical (unpaired) electrons. The molecule has 0 saturated heterocycles. The van der Waals surface area contributed by atoms with Crippen molar-refractivity contribution in [1.82, 2.24) is 15.3 Å². The maximum atomic E-state index is 9.21. The number of nitrogens with one attached hydrogen (secondary N) is 2. The average molecular weight is 263 g/mol. The van der Waals surface area contributed by atoms with Gasteiger partial charge in [0.15, 0.2) is 0 Å². The molecule has 8 heteroatoms. The van der Waals surface area contributed by atoms with Crippen LogP contribution in [0, 0.1) is 0 Å². The van der Waals surface area contributed by atoms with Crippen LogP contribution in [0.15, 0.2) is 18.7 Å². The Hall–Kier alpha value is -1.03. The Bertz CT molecular complexity index is 255. The van der Waals surface area contributed by atoms with Crippen molar-refractivity contribution in [3.8, 4) is 0 Å². The largest absolute Gasteiger partial charge is 0.394 e.